The lowest BCUT2D eigenvalue weighted by Crippen LogP contribution is -2.12. The summed E-state index contributed by atoms with van der Waals surface area (Å²) in [5.41, 5.74) is 16.6. The van der Waals surface area contributed by atoms with Crippen molar-refractivity contribution in [1.29, 1.82) is 0 Å². The number of aromatic nitrogens is 3. The summed E-state index contributed by atoms with van der Waals surface area (Å²) in [5.74, 6) is 2.00. The summed E-state index contributed by atoms with van der Waals surface area (Å²) in [4.78, 5) is 35.4. The molecule has 0 radical (unpaired) electrons. The summed E-state index contributed by atoms with van der Waals surface area (Å²) in [6.07, 6.45) is 22.4. The van der Waals surface area contributed by atoms with Crippen LogP contribution >= 0.6 is 0 Å². The Kier molecular flexibility index (Phi) is 12.6. The molecule has 0 saturated heterocycles. The van der Waals surface area contributed by atoms with E-state index in [9.17, 15) is 9.59 Å². The molecule has 3 heterocycles. The highest BCUT2D eigenvalue weighted by molar-refractivity contribution is 5.97. The fourth-order valence-corrected chi connectivity index (χ4v) is 9.69. The third kappa shape index (κ3) is 10.3. The van der Waals surface area contributed by atoms with Gasteiger partial charge in [0.15, 0.2) is 0 Å². The molecule has 7 heteroatoms. The van der Waals surface area contributed by atoms with E-state index in [1.54, 1.807) is 0 Å². The molecule has 0 atom stereocenters. The van der Waals surface area contributed by atoms with Crippen molar-refractivity contribution in [3.8, 4) is 11.1 Å². The molecule has 7 nitrogen and oxygen atoms in total. The number of carbonyl (C=O) groups excluding carboxylic acids is 2. The summed E-state index contributed by atoms with van der Waals surface area (Å²) >= 11 is 0. The molecule has 4 aromatic carbocycles. The second-order valence-corrected chi connectivity index (χ2v) is 20.0. The first kappa shape index (κ1) is 43.9. The van der Waals surface area contributed by atoms with Crippen LogP contribution in [-0.4, -0.2) is 39.7 Å². The van der Waals surface area contributed by atoms with Crippen LogP contribution in [0.25, 0.3) is 27.6 Å². The quantitative estimate of drug-likeness (QED) is 0.0669. The first-order valence-electron chi connectivity index (χ1n) is 25.3. The lowest BCUT2D eigenvalue weighted by atomic mass is 9.95. The van der Waals surface area contributed by atoms with Crippen LogP contribution in [0.2, 0.25) is 0 Å². The summed E-state index contributed by atoms with van der Waals surface area (Å²) in [6, 6.07) is 38.7. The monoisotopic (exact) mass is 899 g/mol. The van der Waals surface area contributed by atoms with E-state index in [0.29, 0.717) is 54.9 Å². The molecule has 68 heavy (non-hydrogen) atoms. The summed E-state index contributed by atoms with van der Waals surface area (Å²) in [6.45, 7) is 4.17. The largest absolute Gasteiger partial charge is 0.462 e. The highest BCUT2D eigenvalue weighted by Crippen LogP contribution is 2.42. The van der Waals surface area contributed by atoms with Crippen LogP contribution in [0.15, 0.2) is 134 Å². The highest BCUT2D eigenvalue weighted by Gasteiger charge is 2.30. The van der Waals surface area contributed by atoms with Crippen molar-refractivity contribution in [3.05, 3.63) is 195 Å². The first-order chi connectivity index (χ1) is 33.4. The van der Waals surface area contributed by atoms with Crippen LogP contribution in [0, 0.1) is 11.8 Å². The van der Waals surface area contributed by atoms with Gasteiger partial charge in [0.05, 0.1) is 35.7 Å². The smallest absolute Gasteiger partial charge is 0.340 e. The SMILES string of the molecule is CCCCOC(=O)c1cc(C2CC2)cnc1Cc1ccc2c(c1)CC=C2c1ccccc1.O=C(OCC1CC1)c1cc(C2CC2)cnc1Cc1ccc2c(-c3ccccc3)cn(CC3CC3)c2c1. The number of ether oxygens (including phenoxy) is 2. The van der Waals surface area contributed by atoms with Crippen LogP contribution in [0.1, 0.15) is 154 Å². The van der Waals surface area contributed by atoms with Gasteiger partial charge < -0.3 is 14.0 Å². The van der Waals surface area contributed by atoms with Gasteiger partial charge in [0.2, 0.25) is 0 Å². The van der Waals surface area contributed by atoms with E-state index >= 15 is 0 Å². The maximum absolute atomic E-state index is 13.1. The Morgan fingerprint density at radius 3 is 1.85 bits per heavy atom. The topological polar surface area (TPSA) is 83.3 Å². The van der Waals surface area contributed by atoms with Crippen molar-refractivity contribution >= 4 is 28.4 Å². The number of hydrogen-bond donors (Lipinski definition) is 0. The number of hydrogen-bond acceptors (Lipinski definition) is 6. The number of pyridine rings is 2. The van der Waals surface area contributed by atoms with Gasteiger partial charge in [-0.1, -0.05) is 110 Å². The molecular formula is C61H61N3O4. The number of benzene rings is 4. The van der Waals surface area contributed by atoms with E-state index in [2.05, 4.69) is 127 Å². The average molecular weight is 900 g/mol. The fourth-order valence-electron chi connectivity index (χ4n) is 9.69. The number of rotatable bonds is 17. The van der Waals surface area contributed by atoms with E-state index in [4.69, 9.17) is 19.4 Å². The minimum atomic E-state index is -0.238. The molecule has 344 valence electrons. The van der Waals surface area contributed by atoms with E-state index in [1.807, 2.05) is 18.5 Å². The number of carbonyl (C=O) groups is 2. The molecular weight excluding hydrogens is 839 g/mol. The van der Waals surface area contributed by atoms with Crippen molar-refractivity contribution in [1.82, 2.24) is 14.5 Å². The third-order valence-corrected chi connectivity index (χ3v) is 14.4. The average Bonchev–Trinajstić information content (AvgIpc) is 4.14. The molecule has 4 fully saturated rings. The first-order valence-corrected chi connectivity index (χ1v) is 25.3. The van der Waals surface area contributed by atoms with Crippen molar-refractivity contribution in [2.45, 2.75) is 109 Å². The zero-order chi connectivity index (χ0) is 46.0. The maximum Gasteiger partial charge on any atom is 0.340 e. The minimum absolute atomic E-state index is 0.212. The number of fused-ring (bicyclic) bond motifs is 2. The number of allylic oxidation sites excluding steroid dienone is 1. The second-order valence-electron chi connectivity index (χ2n) is 20.0. The van der Waals surface area contributed by atoms with E-state index in [-0.39, 0.29) is 11.9 Å². The summed E-state index contributed by atoms with van der Waals surface area (Å²) in [5, 5.41) is 1.28. The van der Waals surface area contributed by atoms with E-state index in [0.717, 1.165) is 43.1 Å². The minimum Gasteiger partial charge on any atom is -0.462 e. The van der Waals surface area contributed by atoms with Crippen LogP contribution in [0.3, 0.4) is 0 Å². The molecule has 0 spiro atoms. The van der Waals surface area contributed by atoms with Gasteiger partial charge in [0, 0.05) is 54.4 Å². The lowest BCUT2D eigenvalue weighted by molar-refractivity contribution is 0.0479. The number of nitrogens with zero attached hydrogens (tertiary/aromatic N) is 3. The van der Waals surface area contributed by atoms with Gasteiger partial charge in [-0.15, -0.1) is 0 Å². The van der Waals surface area contributed by atoms with Gasteiger partial charge in [-0.25, -0.2) is 9.59 Å². The fraction of sp³-hybridized carbons (Fsp3) is 0.344. The van der Waals surface area contributed by atoms with Crippen molar-refractivity contribution in [2.75, 3.05) is 13.2 Å². The van der Waals surface area contributed by atoms with Crippen molar-refractivity contribution in [3.63, 3.8) is 0 Å². The zero-order valence-electron chi connectivity index (χ0n) is 39.3. The van der Waals surface area contributed by atoms with Crippen LogP contribution < -0.4 is 0 Å². The lowest BCUT2D eigenvalue weighted by Gasteiger charge is -2.12. The van der Waals surface area contributed by atoms with E-state index < -0.39 is 0 Å². The zero-order valence-corrected chi connectivity index (χ0v) is 39.3. The van der Waals surface area contributed by atoms with Crippen LogP contribution in [0.5, 0.6) is 0 Å². The normalized spacial score (nSPS) is 16.2. The van der Waals surface area contributed by atoms with Gasteiger partial charge in [0.1, 0.15) is 0 Å². The Labute approximate surface area is 400 Å². The molecule has 5 aliphatic rings. The van der Waals surface area contributed by atoms with Gasteiger partial charge in [0.25, 0.3) is 0 Å². The molecule has 7 aromatic rings. The van der Waals surface area contributed by atoms with Crippen molar-refractivity contribution in [2.24, 2.45) is 11.8 Å². The standard InChI is InChI=1S/C32H32N2O2.C29H29NO2/c35-32(36-20-22-8-9-22)28-16-26(24-11-12-24)17-33-30(28)14-23-10-13-27-29(25-4-2-1-3-5-25)19-34(31(27)15-23)18-21-6-7-21;1-2-3-15-32-29(31)27-18-24(21-10-11-21)19-30-28(27)17-20-9-13-26-23(16-20)12-14-25(26)22-7-5-4-6-8-22/h1-5,10,13,15-17,19,21-22,24H,6-9,11-12,14,18,20H2;4-9,13-14,16,18-19,21H,2-3,10-12,15,17H2,1H3. The molecule has 12 rings (SSSR count). The predicted molar refractivity (Wildman–Crippen MR) is 270 cm³/mol. The number of esters is 2. The molecule has 0 amide bonds. The Morgan fingerprint density at radius 1 is 0.632 bits per heavy atom. The van der Waals surface area contributed by atoms with Gasteiger partial charge in [-0.05, 0) is 156 Å². The highest BCUT2D eigenvalue weighted by atomic mass is 16.5. The van der Waals surface area contributed by atoms with Crippen LogP contribution in [-0.2, 0) is 35.3 Å². The Bertz CT molecular complexity index is 2990. The molecule has 5 aliphatic carbocycles. The Hall–Kier alpha value is -6.60. The van der Waals surface area contributed by atoms with Gasteiger partial charge in [-0.2, -0.15) is 0 Å². The maximum atomic E-state index is 13.1. The molecule has 0 unspecified atom stereocenters. The Balaban J connectivity index is 0.000000150. The summed E-state index contributed by atoms with van der Waals surface area (Å²) in [7, 11) is 0. The predicted octanol–water partition coefficient (Wildman–Crippen LogP) is 13.6. The number of unbranched alkanes of at least 4 members (excludes halogenated alkanes) is 1. The molecule has 0 aliphatic heterocycles. The molecule has 0 bridgehead atoms. The Morgan fingerprint density at radius 2 is 1.24 bits per heavy atom. The van der Waals surface area contributed by atoms with Crippen LogP contribution in [0.4, 0.5) is 0 Å². The second kappa shape index (κ2) is 19.6. The van der Waals surface area contributed by atoms with Crippen molar-refractivity contribution < 1.29 is 19.1 Å². The third-order valence-electron chi connectivity index (χ3n) is 14.4. The van der Waals surface area contributed by atoms with Gasteiger partial charge >= 0.3 is 11.9 Å². The molecule has 0 N–H and O–H groups in total. The molecule has 4 saturated carbocycles. The summed E-state index contributed by atoms with van der Waals surface area (Å²) < 4.78 is 13.7. The molecule has 3 aromatic heterocycles. The van der Waals surface area contributed by atoms with Gasteiger partial charge in [-0.3, -0.25) is 9.97 Å². The van der Waals surface area contributed by atoms with E-state index in [1.165, 1.54) is 118 Å².